The van der Waals surface area contributed by atoms with Crippen molar-refractivity contribution in [2.45, 2.75) is 31.7 Å². The number of hydrogen-bond donors (Lipinski definition) is 1. The fourth-order valence-corrected chi connectivity index (χ4v) is 5.75. The van der Waals surface area contributed by atoms with Crippen molar-refractivity contribution in [1.29, 1.82) is 0 Å². The molecule has 1 saturated heterocycles. The van der Waals surface area contributed by atoms with Crippen molar-refractivity contribution >= 4 is 10.0 Å². The Kier molecular flexibility index (Phi) is 5.11. The molecule has 1 heterocycles. The molecule has 26 heavy (non-hydrogen) atoms. The van der Waals surface area contributed by atoms with Crippen molar-refractivity contribution < 1.29 is 13.2 Å². The van der Waals surface area contributed by atoms with Gasteiger partial charge in [0.05, 0.1) is 5.75 Å². The summed E-state index contributed by atoms with van der Waals surface area (Å²) in [6, 6.07) is 16.5. The topological polar surface area (TPSA) is 55.4 Å². The number of hydrogen-bond acceptors (Lipinski definition) is 3. The summed E-state index contributed by atoms with van der Waals surface area (Å²) >= 11 is 0. The molecule has 1 fully saturated rings. The molecule has 0 spiro atoms. The van der Waals surface area contributed by atoms with Gasteiger partial charge in [0.2, 0.25) is 10.0 Å². The molecule has 1 aliphatic carbocycles. The molecule has 0 bridgehead atoms. The van der Waals surface area contributed by atoms with Gasteiger partial charge in [0.1, 0.15) is 0 Å². The Hall–Kier alpha value is -1.69. The van der Waals surface area contributed by atoms with Crippen LogP contribution in [0.1, 0.15) is 36.4 Å². The lowest BCUT2D eigenvalue weighted by atomic mass is 10.00. The minimum absolute atomic E-state index is 0.112. The third-order valence-corrected chi connectivity index (χ3v) is 7.00. The highest BCUT2D eigenvalue weighted by Crippen LogP contribution is 2.35. The fraction of sp³-hybridized carbons (Fsp3) is 0.429. The van der Waals surface area contributed by atoms with Crippen LogP contribution >= 0.6 is 0 Å². The van der Waals surface area contributed by atoms with Gasteiger partial charge in [-0.3, -0.25) is 0 Å². The van der Waals surface area contributed by atoms with E-state index in [0.717, 1.165) is 42.4 Å². The van der Waals surface area contributed by atoms with E-state index in [1.807, 2.05) is 18.2 Å². The van der Waals surface area contributed by atoms with Crippen molar-refractivity contribution in [3.8, 4) is 11.1 Å². The maximum atomic E-state index is 12.7. The van der Waals surface area contributed by atoms with E-state index in [0.29, 0.717) is 13.2 Å². The molecule has 5 heteroatoms. The summed E-state index contributed by atoms with van der Waals surface area (Å²) in [5, 5.41) is 0. The van der Waals surface area contributed by atoms with Crippen LogP contribution in [-0.2, 0) is 21.2 Å². The number of nitrogens with one attached hydrogen (secondary N) is 1. The lowest BCUT2D eigenvalue weighted by Gasteiger charge is -2.23. The molecule has 4 nitrogen and oxygen atoms in total. The Balaban J connectivity index is 1.51. The number of sulfonamides is 1. The summed E-state index contributed by atoms with van der Waals surface area (Å²) < 4.78 is 33.6. The second kappa shape index (κ2) is 7.51. The smallest absolute Gasteiger partial charge is 0.212 e. The fourth-order valence-electron chi connectivity index (χ4n) is 4.02. The first-order valence-corrected chi connectivity index (χ1v) is 11.0. The standard InChI is InChI=1S/C21H25NO3S/c23-26(24,15-16-10-12-25-13-11-16)22-21-9-8-18-6-7-19(14-20(18)21)17-4-2-1-3-5-17/h1-7,14,16,21-22H,8-13,15H2. The number of benzene rings is 2. The highest BCUT2D eigenvalue weighted by Gasteiger charge is 2.29. The van der Waals surface area contributed by atoms with Crippen molar-refractivity contribution in [1.82, 2.24) is 4.72 Å². The van der Waals surface area contributed by atoms with Crippen LogP contribution in [0.15, 0.2) is 48.5 Å². The summed E-state index contributed by atoms with van der Waals surface area (Å²) in [4.78, 5) is 0. The van der Waals surface area contributed by atoms with Crippen LogP contribution in [0, 0.1) is 5.92 Å². The van der Waals surface area contributed by atoms with E-state index in [-0.39, 0.29) is 17.7 Å². The molecule has 2 aliphatic rings. The van der Waals surface area contributed by atoms with Crippen LogP contribution in [0.2, 0.25) is 0 Å². The molecular formula is C21H25NO3S. The van der Waals surface area contributed by atoms with Crippen LogP contribution in [-0.4, -0.2) is 27.4 Å². The number of ether oxygens (including phenoxy) is 1. The molecule has 0 aromatic heterocycles. The summed E-state index contributed by atoms with van der Waals surface area (Å²) in [5.74, 6) is 0.415. The van der Waals surface area contributed by atoms with E-state index in [2.05, 4.69) is 35.1 Å². The van der Waals surface area contributed by atoms with Crippen LogP contribution < -0.4 is 4.72 Å². The zero-order valence-corrected chi connectivity index (χ0v) is 15.7. The Morgan fingerprint density at radius 1 is 0.962 bits per heavy atom. The summed E-state index contributed by atoms with van der Waals surface area (Å²) in [6.07, 6.45) is 3.43. The first-order valence-electron chi connectivity index (χ1n) is 9.37. The first kappa shape index (κ1) is 17.7. The summed E-state index contributed by atoms with van der Waals surface area (Å²) in [5.41, 5.74) is 4.68. The van der Waals surface area contributed by atoms with Gasteiger partial charge in [0, 0.05) is 19.3 Å². The Morgan fingerprint density at radius 2 is 1.73 bits per heavy atom. The summed E-state index contributed by atoms with van der Waals surface area (Å²) in [6.45, 7) is 1.35. The maximum Gasteiger partial charge on any atom is 0.212 e. The van der Waals surface area contributed by atoms with Gasteiger partial charge in [-0.05, 0) is 59.9 Å². The molecule has 2 aromatic carbocycles. The largest absolute Gasteiger partial charge is 0.381 e. The predicted molar refractivity (Wildman–Crippen MR) is 103 cm³/mol. The van der Waals surface area contributed by atoms with Gasteiger partial charge in [-0.2, -0.15) is 0 Å². The molecule has 2 aromatic rings. The van der Waals surface area contributed by atoms with Crippen LogP contribution in [0.4, 0.5) is 0 Å². The molecule has 1 aliphatic heterocycles. The van der Waals surface area contributed by atoms with Crippen molar-refractivity contribution in [3.05, 3.63) is 59.7 Å². The zero-order chi connectivity index (χ0) is 18.0. The van der Waals surface area contributed by atoms with Crippen LogP contribution in [0.5, 0.6) is 0 Å². The van der Waals surface area contributed by atoms with Crippen molar-refractivity contribution in [3.63, 3.8) is 0 Å². The van der Waals surface area contributed by atoms with Crippen LogP contribution in [0.25, 0.3) is 11.1 Å². The molecular weight excluding hydrogens is 346 g/mol. The Labute approximate surface area is 155 Å². The quantitative estimate of drug-likeness (QED) is 0.872. The van der Waals surface area contributed by atoms with Gasteiger partial charge >= 0.3 is 0 Å². The minimum Gasteiger partial charge on any atom is -0.381 e. The van der Waals surface area contributed by atoms with E-state index in [1.165, 1.54) is 5.56 Å². The summed E-state index contributed by atoms with van der Waals surface area (Å²) in [7, 11) is -3.29. The third-order valence-electron chi connectivity index (χ3n) is 5.45. The van der Waals surface area contributed by atoms with E-state index in [4.69, 9.17) is 4.74 Å². The van der Waals surface area contributed by atoms with Gasteiger partial charge < -0.3 is 4.74 Å². The van der Waals surface area contributed by atoms with Gasteiger partial charge in [-0.1, -0.05) is 42.5 Å². The average Bonchev–Trinajstić information content (AvgIpc) is 3.04. The van der Waals surface area contributed by atoms with E-state index >= 15 is 0 Å². The highest BCUT2D eigenvalue weighted by molar-refractivity contribution is 7.89. The van der Waals surface area contributed by atoms with Gasteiger partial charge in [0.25, 0.3) is 0 Å². The normalized spacial score (nSPS) is 20.8. The molecule has 0 radical (unpaired) electrons. The lowest BCUT2D eigenvalue weighted by molar-refractivity contribution is 0.0723. The third kappa shape index (κ3) is 4.00. The van der Waals surface area contributed by atoms with E-state index < -0.39 is 10.0 Å². The molecule has 0 amide bonds. The Bertz CT molecular complexity index is 858. The average molecular weight is 372 g/mol. The van der Waals surface area contributed by atoms with Gasteiger partial charge in [-0.25, -0.2) is 13.1 Å². The monoisotopic (exact) mass is 371 g/mol. The highest BCUT2D eigenvalue weighted by atomic mass is 32.2. The van der Waals surface area contributed by atoms with Crippen molar-refractivity contribution in [2.75, 3.05) is 19.0 Å². The minimum atomic E-state index is -3.29. The SMILES string of the molecule is O=S(=O)(CC1CCOCC1)NC1CCc2ccc(-c3ccccc3)cc21. The molecule has 1 unspecified atom stereocenters. The second-order valence-corrected chi connectivity index (χ2v) is 9.12. The number of fused-ring (bicyclic) bond motifs is 1. The van der Waals surface area contributed by atoms with Crippen LogP contribution in [0.3, 0.4) is 0 Å². The molecule has 1 atom stereocenters. The molecule has 0 saturated carbocycles. The van der Waals surface area contributed by atoms with Gasteiger partial charge in [-0.15, -0.1) is 0 Å². The number of rotatable bonds is 5. The lowest BCUT2D eigenvalue weighted by Crippen LogP contribution is -2.34. The van der Waals surface area contributed by atoms with E-state index in [1.54, 1.807) is 0 Å². The number of aryl methyl sites for hydroxylation is 1. The maximum absolute atomic E-state index is 12.7. The molecule has 1 N–H and O–H groups in total. The van der Waals surface area contributed by atoms with E-state index in [9.17, 15) is 8.42 Å². The predicted octanol–water partition coefficient (Wildman–Crippen LogP) is 3.69. The molecule has 138 valence electrons. The second-order valence-electron chi connectivity index (χ2n) is 7.33. The van der Waals surface area contributed by atoms with Crippen molar-refractivity contribution in [2.24, 2.45) is 5.92 Å². The molecule has 4 rings (SSSR count). The zero-order valence-electron chi connectivity index (χ0n) is 14.9. The Morgan fingerprint density at radius 3 is 2.50 bits per heavy atom. The van der Waals surface area contributed by atoms with Gasteiger partial charge in [0.15, 0.2) is 0 Å². The first-order chi connectivity index (χ1) is 12.6.